The molecule has 6 heteroatoms. The van der Waals surface area contributed by atoms with Crippen LogP contribution in [0.1, 0.15) is 66.6 Å². The van der Waals surface area contributed by atoms with Gasteiger partial charge >= 0.3 is 0 Å². The fourth-order valence-corrected chi connectivity index (χ4v) is 5.05. The van der Waals surface area contributed by atoms with Crippen molar-refractivity contribution in [2.45, 2.75) is 65.6 Å². The normalized spacial score (nSPS) is 26.9. The second-order valence-corrected chi connectivity index (χ2v) is 9.46. The molecule has 2 aliphatic carbocycles. The minimum Gasteiger partial charge on any atom is -0.299 e. The number of nitrogens with zero attached hydrogens (tertiary/aromatic N) is 3. The quantitative estimate of drug-likeness (QED) is 0.632. The number of aromatic nitrogens is 3. The summed E-state index contributed by atoms with van der Waals surface area (Å²) in [6.45, 7) is 9.75. The molecule has 0 bridgehead atoms. The zero-order chi connectivity index (χ0) is 23.2. The second-order valence-electron chi connectivity index (χ2n) is 9.46. The lowest BCUT2D eigenvalue weighted by Crippen LogP contribution is -2.35. The second kappa shape index (κ2) is 8.57. The maximum atomic E-state index is 14.1. The predicted molar refractivity (Wildman–Crippen MR) is 122 cm³/mol. The maximum absolute atomic E-state index is 14.1. The number of carbonyl (C=O) groups excluding carboxylic acids is 2. The Balaban J connectivity index is 1.52. The van der Waals surface area contributed by atoms with Gasteiger partial charge < -0.3 is 0 Å². The highest BCUT2D eigenvalue weighted by Gasteiger charge is 2.40. The standard InChI is InChI=1S/C26H30FN3O2/c1-14-8-16(3)25(17(4)9-14)26-23(31)11-20(12-24(26)32)18(5)30-13-22(28-29-30)19-7-6-15(2)21(27)10-19/h6-10,13,15,18,20-21,26H,11-12H2,1-5H3. The first-order valence-electron chi connectivity index (χ1n) is 11.2. The van der Waals surface area contributed by atoms with Crippen molar-refractivity contribution in [3.05, 3.63) is 64.5 Å². The zero-order valence-corrected chi connectivity index (χ0v) is 19.3. The van der Waals surface area contributed by atoms with Crippen molar-refractivity contribution in [1.82, 2.24) is 15.0 Å². The molecule has 2 aliphatic rings. The van der Waals surface area contributed by atoms with Crippen molar-refractivity contribution in [2.75, 3.05) is 0 Å². The van der Waals surface area contributed by atoms with Crippen LogP contribution in [-0.2, 0) is 9.59 Å². The van der Waals surface area contributed by atoms with E-state index < -0.39 is 12.1 Å². The van der Waals surface area contributed by atoms with Crippen LogP contribution in [0.5, 0.6) is 0 Å². The summed E-state index contributed by atoms with van der Waals surface area (Å²) in [4.78, 5) is 26.3. The number of hydrogen-bond acceptors (Lipinski definition) is 4. The van der Waals surface area contributed by atoms with Gasteiger partial charge in [0.15, 0.2) is 0 Å². The van der Waals surface area contributed by atoms with Crippen molar-refractivity contribution < 1.29 is 14.0 Å². The first kappa shape index (κ1) is 22.3. The summed E-state index contributed by atoms with van der Waals surface area (Å²) in [5, 5.41) is 8.43. The van der Waals surface area contributed by atoms with Crippen molar-refractivity contribution in [2.24, 2.45) is 11.8 Å². The van der Waals surface area contributed by atoms with Crippen molar-refractivity contribution in [3.63, 3.8) is 0 Å². The third-order valence-corrected chi connectivity index (χ3v) is 6.92. The number of benzene rings is 1. The van der Waals surface area contributed by atoms with Crippen LogP contribution in [0.2, 0.25) is 0 Å². The Morgan fingerprint density at radius 3 is 2.31 bits per heavy atom. The number of alkyl halides is 1. The molecule has 1 fully saturated rings. The summed E-state index contributed by atoms with van der Waals surface area (Å²) >= 11 is 0. The molecule has 1 heterocycles. The molecule has 3 atom stereocenters. The zero-order valence-electron chi connectivity index (χ0n) is 19.3. The molecule has 0 saturated heterocycles. The summed E-state index contributed by atoms with van der Waals surface area (Å²) in [6.07, 6.45) is 6.64. The molecular weight excluding hydrogens is 405 g/mol. The third kappa shape index (κ3) is 4.10. The molecule has 0 amide bonds. The van der Waals surface area contributed by atoms with Gasteiger partial charge in [-0.25, -0.2) is 9.07 Å². The molecule has 32 heavy (non-hydrogen) atoms. The van der Waals surface area contributed by atoms with Gasteiger partial charge in [-0.15, -0.1) is 5.10 Å². The predicted octanol–water partition coefficient (Wildman–Crippen LogP) is 5.02. The highest BCUT2D eigenvalue weighted by Crippen LogP contribution is 2.38. The first-order valence-corrected chi connectivity index (χ1v) is 11.2. The minimum atomic E-state index is -1.04. The maximum Gasteiger partial charge on any atom is 0.148 e. The lowest BCUT2D eigenvalue weighted by atomic mass is 9.72. The van der Waals surface area contributed by atoms with Crippen molar-refractivity contribution >= 4 is 17.1 Å². The number of carbonyl (C=O) groups is 2. The average molecular weight is 436 g/mol. The van der Waals surface area contributed by atoms with Gasteiger partial charge in [0, 0.05) is 24.3 Å². The average Bonchev–Trinajstić information content (AvgIpc) is 3.21. The molecule has 3 unspecified atom stereocenters. The van der Waals surface area contributed by atoms with Crippen LogP contribution in [-0.4, -0.2) is 32.7 Å². The van der Waals surface area contributed by atoms with E-state index in [1.807, 2.05) is 58.9 Å². The van der Waals surface area contributed by atoms with Crippen LogP contribution < -0.4 is 0 Å². The van der Waals surface area contributed by atoms with E-state index in [9.17, 15) is 14.0 Å². The topological polar surface area (TPSA) is 64.8 Å². The van der Waals surface area contributed by atoms with Gasteiger partial charge in [0.05, 0.1) is 12.2 Å². The van der Waals surface area contributed by atoms with E-state index in [0.29, 0.717) is 24.1 Å². The molecule has 0 aliphatic heterocycles. The van der Waals surface area contributed by atoms with Gasteiger partial charge in [-0.05, 0) is 56.4 Å². The van der Waals surface area contributed by atoms with E-state index in [4.69, 9.17) is 0 Å². The van der Waals surface area contributed by atoms with E-state index in [1.54, 1.807) is 17.0 Å². The van der Waals surface area contributed by atoms with Crippen molar-refractivity contribution in [1.29, 1.82) is 0 Å². The Morgan fingerprint density at radius 1 is 1.09 bits per heavy atom. The molecule has 1 aromatic heterocycles. The highest BCUT2D eigenvalue weighted by molar-refractivity contribution is 6.10. The fourth-order valence-electron chi connectivity index (χ4n) is 5.05. The summed E-state index contributed by atoms with van der Waals surface area (Å²) < 4.78 is 15.8. The van der Waals surface area contributed by atoms with E-state index in [1.165, 1.54) is 0 Å². The van der Waals surface area contributed by atoms with Gasteiger partial charge in [0.1, 0.15) is 29.3 Å². The number of halogens is 1. The first-order chi connectivity index (χ1) is 15.2. The van der Waals surface area contributed by atoms with Crippen LogP contribution in [0.4, 0.5) is 4.39 Å². The van der Waals surface area contributed by atoms with Crippen LogP contribution in [0.3, 0.4) is 0 Å². The summed E-state index contributed by atoms with van der Waals surface area (Å²) in [5.74, 6) is -1.02. The summed E-state index contributed by atoms with van der Waals surface area (Å²) in [7, 11) is 0. The molecule has 1 saturated carbocycles. The Labute approximate surface area is 188 Å². The van der Waals surface area contributed by atoms with Gasteiger partial charge in [-0.1, -0.05) is 42.0 Å². The van der Waals surface area contributed by atoms with Gasteiger partial charge in [-0.2, -0.15) is 0 Å². The molecule has 1 aromatic carbocycles. The highest BCUT2D eigenvalue weighted by atomic mass is 19.1. The van der Waals surface area contributed by atoms with E-state index in [-0.39, 0.29) is 29.4 Å². The van der Waals surface area contributed by atoms with Crippen LogP contribution >= 0.6 is 0 Å². The van der Waals surface area contributed by atoms with Crippen LogP contribution in [0.15, 0.2) is 36.6 Å². The molecule has 0 radical (unpaired) electrons. The van der Waals surface area contributed by atoms with Gasteiger partial charge in [0.2, 0.25) is 0 Å². The Kier molecular flexibility index (Phi) is 5.97. The van der Waals surface area contributed by atoms with E-state index in [2.05, 4.69) is 10.3 Å². The smallest absolute Gasteiger partial charge is 0.148 e. The largest absolute Gasteiger partial charge is 0.299 e. The molecule has 0 spiro atoms. The lowest BCUT2D eigenvalue weighted by molar-refractivity contribution is -0.134. The number of Topliss-reactive ketones (excluding diaryl/α,β-unsaturated/α-hetero) is 2. The Bertz CT molecular complexity index is 1090. The number of allylic oxidation sites excluding steroid dienone is 4. The number of aryl methyl sites for hydroxylation is 3. The monoisotopic (exact) mass is 435 g/mol. The SMILES string of the molecule is Cc1cc(C)c(C2C(=O)CC(C(C)n3cc(C4=CC(F)C(C)C=C4)nn3)CC2=O)c(C)c1. The van der Waals surface area contributed by atoms with Crippen molar-refractivity contribution in [3.8, 4) is 0 Å². The number of hydrogen-bond donors (Lipinski definition) is 0. The van der Waals surface area contributed by atoms with Crippen LogP contribution in [0, 0.1) is 32.6 Å². The van der Waals surface area contributed by atoms with E-state index >= 15 is 0 Å². The van der Waals surface area contributed by atoms with E-state index in [0.717, 1.165) is 22.3 Å². The molecule has 2 aromatic rings. The Hall–Kier alpha value is -2.89. The lowest BCUT2D eigenvalue weighted by Gasteiger charge is -2.31. The third-order valence-electron chi connectivity index (χ3n) is 6.92. The van der Waals surface area contributed by atoms with Gasteiger partial charge in [0.25, 0.3) is 0 Å². The number of ketones is 2. The molecule has 0 N–H and O–H groups in total. The van der Waals surface area contributed by atoms with Gasteiger partial charge in [-0.3, -0.25) is 9.59 Å². The summed E-state index contributed by atoms with van der Waals surface area (Å²) in [6, 6.07) is 3.90. The number of rotatable bonds is 4. The molecule has 4 rings (SSSR count). The molecule has 168 valence electrons. The molecule has 5 nitrogen and oxygen atoms in total. The summed E-state index contributed by atoms with van der Waals surface area (Å²) in [5.41, 5.74) is 5.29. The molecular formula is C26H30FN3O2. The fraction of sp³-hybridized carbons (Fsp3) is 0.462. The van der Waals surface area contributed by atoms with Crippen LogP contribution in [0.25, 0.3) is 5.57 Å². The minimum absolute atomic E-state index is 0.0272. The Morgan fingerprint density at radius 2 is 1.72 bits per heavy atom.